The standard InChI is InChI=1S/C20H24N6/c1-5-20(13-21-7-1)6-9-26(14-20)19-23-8-4-18(25-19)24-17-3-2-15-11-22-12-16(15)10-17/h2-4,8,10,12,21H,1,5-7,9,11,13-14H2,(H,23,24,25). The Balaban J connectivity index is 1.32. The molecule has 4 heterocycles. The number of nitrogens with zero attached hydrogens (tertiary/aromatic N) is 4. The first-order valence-corrected chi connectivity index (χ1v) is 9.48. The summed E-state index contributed by atoms with van der Waals surface area (Å²) in [6, 6.07) is 8.28. The number of hydrogen-bond acceptors (Lipinski definition) is 6. The lowest BCUT2D eigenvalue weighted by molar-refractivity contribution is 0.239. The van der Waals surface area contributed by atoms with Gasteiger partial charge in [-0.25, -0.2) is 4.98 Å². The van der Waals surface area contributed by atoms with Crippen molar-refractivity contribution in [3.05, 3.63) is 41.6 Å². The topological polar surface area (TPSA) is 65.4 Å². The number of fused-ring (bicyclic) bond motifs is 1. The van der Waals surface area contributed by atoms with Crippen molar-refractivity contribution < 1.29 is 0 Å². The number of anilines is 3. The van der Waals surface area contributed by atoms with Crippen molar-refractivity contribution in [3.63, 3.8) is 0 Å². The molecule has 2 saturated heterocycles. The molecule has 1 aromatic heterocycles. The molecule has 134 valence electrons. The maximum atomic E-state index is 4.77. The summed E-state index contributed by atoms with van der Waals surface area (Å²) < 4.78 is 0. The first kappa shape index (κ1) is 15.8. The lowest BCUT2D eigenvalue weighted by Gasteiger charge is -2.33. The van der Waals surface area contributed by atoms with Crippen LogP contribution in [-0.4, -0.2) is 42.4 Å². The Hall–Kier alpha value is -2.47. The lowest BCUT2D eigenvalue weighted by Crippen LogP contribution is -2.42. The van der Waals surface area contributed by atoms with Crippen molar-refractivity contribution in [2.75, 3.05) is 36.4 Å². The number of hydrogen-bond donors (Lipinski definition) is 2. The number of piperidine rings is 1. The van der Waals surface area contributed by atoms with E-state index in [4.69, 9.17) is 4.98 Å². The van der Waals surface area contributed by atoms with E-state index in [1.165, 1.54) is 30.4 Å². The molecule has 5 rings (SSSR count). The molecule has 2 fully saturated rings. The van der Waals surface area contributed by atoms with E-state index in [9.17, 15) is 0 Å². The van der Waals surface area contributed by atoms with Crippen LogP contribution >= 0.6 is 0 Å². The molecule has 0 radical (unpaired) electrons. The Morgan fingerprint density at radius 2 is 2.19 bits per heavy atom. The van der Waals surface area contributed by atoms with Crippen LogP contribution in [0.1, 0.15) is 30.4 Å². The van der Waals surface area contributed by atoms with E-state index in [2.05, 4.69) is 43.7 Å². The third-order valence-corrected chi connectivity index (χ3v) is 5.83. The van der Waals surface area contributed by atoms with E-state index in [0.29, 0.717) is 5.41 Å². The second-order valence-electron chi connectivity index (χ2n) is 7.70. The van der Waals surface area contributed by atoms with Crippen molar-refractivity contribution in [2.24, 2.45) is 10.4 Å². The number of aliphatic imine (C=N–C) groups is 1. The maximum absolute atomic E-state index is 4.77. The van der Waals surface area contributed by atoms with Gasteiger partial charge in [-0.05, 0) is 55.1 Å². The zero-order chi connectivity index (χ0) is 17.4. The minimum Gasteiger partial charge on any atom is -0.340 e. The highest BCUT2D eigenvalue weighted by Crippen LogP contribution is 2.37. The van der Waals surface area contributed by atoms with Gasteiger partial charge in [0.05, 0.1) is 6.54 Å². The summed E-state index contributed by atoms with van der Waals surface area (Å²) in [5, 5.41) is 6.98. The first-order valence-electron chi connectivity index (χ1n) is 9.48. The van der Waals surface area contributed by atoms with Gasteiger partial charge in [0.1, 0.15) is 5.82 Å². The largest absolute Gasteiger partial charge is 0.340 e. The third-order valence-electron chi connectivity index (χ3n) is 5.83. The molecule has 1 unspecified atom stereocenters. The normalized spacial score (nSPS) is 24.2. The monoisotopic (exact) mass is 348 g/mol. The average Bonchev–Trinajstić information content (AvgIpc) is 3.30. The van der Waals surface area contributed by atoms with Crippen molar-refractivity contribution in [1.82, 2.24) is 15.3 Å². The fraction of sp³-hybridized carbons (Fsp3) is 0.450. The second-order valence-corrected chi connectivity index (χ2v) is 7.70. The van der Waals surface area contributed by atoms with Gasteiger partial charge >= 0.3 is 0 Å². The summed E-state index contributed by atoms with van der Waals surface area (Å²) in [6.07, 6.45) is 7.60. The van der Waals surface area contributed by atoms with Crippen molar-refractivity contribution in [1.29, 1.82) is 0 Å². The van der Waals surface area contributed by atoms with E-state index < -0.39 is 0 Å². The molecule has 2 N–H and O–H groups in total. The van der Waals surface area contributed by atoms with Crippen LogP contribution in [0.4, 0.5) is 17.5 Å². The van der Waals surface area contributed by atoms with Crippen LogP contribution in [-0.2, 0) is 6.54 Å². The second kappa shape index (κ2) is 6.36. The highest BCUT2D eigenvalue weighted by molar-refractivity contribution is 5.86. The van der Waals surface area contributed by atoms with Gasteiger partial charge in [-0.2, -0.15) is 4.98 Å². The molecule has 1 aromatic carbocycles. The summed E-state index contributed by atoms with van der Waals surface area (Å²) in [7, 11) is 0. The van der Waals surface area contributed by atoms with Crippen LogP contribution in [0.2, 0.25) is 0 Å². The molecule has 1 spiro atoms. The molecule has 6 nitrogen and oxygen atoms in total. The molecule has 6 heteroatoms. The van der Waals surface area contributed by atoms with E-state index in [-0.39, 0.29) is 0 Å². The highest BCUT2D eigenvalue weighted by Gasteiger charge is 2.39. The summed E-state index contributed by atoms with van der Waals surface area (Å²) in [6.45, 7) is 5.17. The van der Waals surface area contributed by atoms with Gasteiger partial charge in [-0.1, -0.05) is 6.07 Å². The maximum Gasteiger partial charge on any atom is 0.227 e. The average molecular weight is 348 g/mol. The summed E-state index contributed by atoms with van der Waals surface area (Å²) >= 11 is 0. The third kappa shape index (κ3) is 2.94. The zero-order valence-corrected chi connectivity index (χ0v) is 14.9. The van der Waals surface area contributed by atoms with E-state index in [0.717, 1.165) is 50.2 Å². The van der Waals surface area contributed by atoms with E-state index >= 15 is 0 Å². The van der Waals surface area contributed by atoms with Gasteiger partial charge in [-0.15, -0.1) is 0 Å². The van der Waals surface area contributed by atoms with Crippen molar-refractivity contribution >= 4 is 23.7 Å². The highest BCUT2D eigenvalue weighted by atomic mass is 15.3. The molecular weight excluding hydrogens is 324 g/mol. The quantitative estimate of drug-likeness (QED) is 0.893. The van der Waals surface area contributed by atoms with Crippen LogP contribution in [0, 0.1) is 5.41 Å². The Labute approximate surface area is 153 Å². The molecule has 0 saturated carbocycles. The minimum absolute atomic E-state index is 0.407. The van der Waals surface area contributed by atoms with Crippen LogP contribution in [0.25, 0.3) is 0 Å². The number of aromatic nitrogens is 2. The van der Waals surface area contributed by atoms with E-state index in [1.807, 2.05) is 18.5 Å². The molecule has 3 aliphatic heterocycles. The Bertz CT molecular complexity index is 840. The molecule has 1 atom stereocenters. The number of nitrogens with one attached hydrogen (secondary N) is 2. The smallest absolute Gasteiger partial charge is 0.227 e. The molecule has 0 amide bonds. The predicted octanol–water partition coefficient (Wildman–Crippen LogP) is 2.73. The summed E-state index contributed by atoms with van der Waals surface area (Å²) in [5.74, 6) is 1.67. The lowest BCUT2D eigenvalue weighted by atomic mass is 9.80. The van der Waals surface area contributed by atoms with Crippen LogP contribution in [0.5, 0.6) is 0 Å². The summed E-state index contributed by atoms with van der Waals surface area (Å²) in [5.41, 5.74) is 3.92. The molecule has 2 aromatic rings. The van der Waals surface area contributed by atoms with Crippen molar-refractivity contribution in [2.45, 2.75) is 25.8 Å². The van der Waals surface area contributed by atoms with Gasteiger partial charge in [0.2, 0.25) is 5.95 Å². The molecule has 0 aliphatic carbocycles. The Morgan fingerprint density at radius 3 is 3.12 bits per heavy atom. The van der Waals surface area contributed by atoms with Gasteiger partial charge in [-0.3, -0.25) is 4.99 Å². The summed E-state index contributed by atoms with van der Waals surface area (Å²) in [4.78, 5) is 16.0. The van der Waals surface area contributed by atoms with Crippen LogP contribution in [0.3, 0.4) is 0 Å². The molecule has 0 bridgehead atoms. The Kier molecular flexibility index (Phi) is 3.85. The molecular formula is C20H24N6. The fourth-order valence-corrected chi connectivity index (χ4v) is 4.38. The zero-order valence-electron chi connectivity index (χ0n) is 14.9. The minimum atomic E-state index is 0.407. The Morgan fingerprint density at radius 1 is 1.19 bits per heavy atom. The SMILES string of the molecule is C1=NCc2ccc(Nc3ccnc(N4CCC5(CCCNC5)C4)n3)cc21. The predicted molar refractivity (Wildman–Crippen MR) is 104 cm³/mol. The van der Waals surface area contributed by atoms with Gasteiger partial charge in [0.15, 0.2) is 0 Å². The molecule has 3 aliphatic rings. The first-order chi connectivity index (χ1) is 12.8. The fourth-order valence-electron chi connectivity index (χ4n) is 4.38. The number of rotatable bonds is 3. The molecule has 26 heavy (non-hydrogen) atoms. The number of benzene rings is 1. The van der Waals surface area contributed by atoms with Gasteiger partial charge in [0.25, 0.3) is 0 Å². The van der Waals surface area contributed by atoms with Crippen LogP contribution < -0.4 is 15.5 Å². The van der Waals surface area contributed by atoms with Crippen LogP contribution in [0.15, 0.2) is 35.5 Å². The van der Waals surface area contributed by atoms with E-state index in [1.54, 1.807) is 0 Å². The van der Waals surface area contributed by atoms with Gasteiger partial charge < -0.3 is 15.5 Å². The van der Waals surface area contributed by atoms with Crippen molar-refractivity contribution in [3.8, 4) is 0 Å². The van der Waals surface area contributed by atoms with Gasteiger partial charge in [0, 0.05) is 43.1 Å².